The number of thiocarbonyl (C=S) groups is 1. The lowest BCUT2D eigenvalue weighted by atomic mass is 10.2. The minimum atomic E-state index is 0.642. The molecular formula is C11H14N2S. The molecule has 1 rings (SSSR count). The Labute approximate surface area is 90.2 Å². The highest BCUT2D eigenvalue weighted by Crippen LogP contribution is 2.15. The number of hydrogen-bond acceptors (Lipinski definition) is 1. The molecule has 3 heteroatoms. The molecule has 1 N–H and O–H groups in total. The third-order valence-electron chi connectivity index (χ3n) is 1.93. The van der Waals surface area contributed by atoms with Crippen LogP contribution in [0, 0.1) is 6.92 Å². The van der Waals surface area contributed by atoms with Gasteiger partial charge < -0.3 is 5.32 Å². The summed E-state index contributed by atoms with van der Waals surface area (Å²) in [5, 5.41) is 3.56. The van der Waals surface area contributed by atoms with Gasteiger partial charge in [0.2, 0.25) is 0 Å². The first-order chi connectivity index (χ1) is 6.69. The molecular weight excluding hydrogens is 192 g/mol. The van der Waals surface area contributed by atoms with Crippen LogP contribution >= 0.6 is 12.2 Å². The Morgan fingerprint density at radius 3 is 2.43 bits per heavy atom. The Morgan fingerprint density at radius 2 is 2.00 bits per heavy atom. The van der Waals surface area contributed by atoms with Crippen LogP contribution in [0.2, 0.25) is 0 Å². The first-order valence-electron chi connectivity index (χ1n) is 4.39. The molecule has 0 aliphatic rings. The maximum Gasteiger partial charge on any atom is 0.177 e. The Kier molecular flexibility index (Phi) is 3.65. The maximum absolute atomic E-state index is 5.13. The number of aryl methyl sites for hydroxylation is 1. The Bertz CT molecular complexity index is 330. The summed E-state index contributed by atoms with van der Waals surface area (Å²) in [5.74, 6) is 0. The van der Waals surface area contributed by atoms with E-state index < -0.39 is 0 Å². The van der Waals surface area contributed by atoms with Gasteiger partial charge >= 0.3 is 0 Å². The van der Waals surface area contributed by atoms with E-state index in [9.17, 15) is 0 Å². The van der Waals surface area contributed by atoms with Crippen molar-refractivity contribution < 1.29 is 0 Å². The third-order valence-corrected chi connectivity index (χ3v) is 2.33. The first kappa shape index (κ1) is 10.7. The summed E-state index contributed by atoms with van der Waals surface area (Å²) in [6.07, 6.45) is 1.70. The average Bonchev–Trinajstić information content (AvgIpc) is 2.21. The topological polar surface area (TPSA) is 15.3 Å². The summed E-state index contributed by atoms with van der Waals surface area (Å²) in [5.41, 5.74) is 2.25. The highest BCUT2D eigenvalue weighted by Gasteiger charge is 2.05. The summed E-state index contributed by atoms with van der Waals surface area (Å²) in [4.78, 5) is 1.83. The Balaban J connectivity index is 2.95. The van der Waals surface area contributed by atoms with Gasteiger partial charge in [0.1, 0.15) is 0 Å². The van der Waals surface area contributed by atoms with Crippen LogP contribution in [0.15, 0.2) is 37.0 Å². The van der Waals surface area contributed by atoms with Crippen molar-refractivity contribution in [2.45, 2.75) is 6.92 Å². The summed E-state index contributed by atoms with van der Waals surface area (Å²) in [6.45, 7) is 5.78. The zero-order valence-electron chi connectivity index (χ0n) is 8.45. The lowest BCUT2D eigenvalue weighted by Gasteiger charge is -2.20. The molecule has 0 spiro atoms. The highest BCUT2D eigenvalue weighted by molar-refractivity contribution is 7.80. The minimum absolute atomic E-state index is 0.642. The highest BCUT2D eigenvalue weighted by atomic mass is 32.1. The maximum atomic E-state index is 5.13. The molecule has 1 aromatic rings. The summed E-state index contributed by atoms with van der Waals surface area (Å²) < 4.78 is 0. The number of nitrogens with one attached hydrogen (secondary N) is 1. The van der Waals surface area contributed by atoms with Gasteiger partial charge in [-0.3, -0.25) is 4.90 Å². The fraction of sp³-hybridized carbons (Fsp3) is 0.182. The zero-order valence-corrected chi connectivity index (χ0v) is 9.27. The molecule has 0 saturated heterocycles. The second kappa shape index (κ2) is 4.77. The molecule has 2 nitrogen and oxygen atoms in total. The van der Waals surface area contributed by atoms with E-state index in [4.69, 9.17) is 12.2 Å². The predicted octanol–water partition coefficient (Wildman–Crippen LogP) is 2.45. The zero-order chi connectivity index (χ0) is 10.6. The number of benzene rings is 1. The van der Waals surface area contributed by atoms with Gasteiger partial charge in [0, 0.05) is 18.9 Å². The van der Waals surface area contributed by atoms with E-state index in [1.165, 1.54) is 5.56 Å². The van der Waals surface area contributed by atoms with E-state index in [1.807, 2.05) is 29.2 Å². The van der Waals surface area contributed by atoms with E-state index >= 15 is 0 Å². The van der Waals surface area contributed by atoms with E-state index in [1.54, 1.807) is 13.2 Å². The van der Waals surface area contributed by atoms with E-state index in [2.05, 4.69) is 18.8 Å². The minimum Gasteiger partial charge on any atom is -0.365 e. The van der Waals surface area contributed by atoms with Crippen LogP contribution < -0.4 is 10.2 Å². The van der Waals surface area contributed by atoms with Crippen LogP contribution in [0.3, 0.4) is 0 Å². The van der Waals surface area contributed by atoms with E-state index in [0.29, 0.717) is 5.11 Å². The van der Waals surface area contributed by atoms with Crippen molar-refractivity contribution in [3.8, 4) is 0 Å². The smallest absolute Gasteiger partial charge is 0.177 e. The summed E-state index contributed by atoms with van der Waals surface area (Å²) >= 11 is 5.13. The van der Waals surface area contributed by atoms with Gasteiger partial charge in [-0.2, -0.15) is 0 Å². The molecule has 0 unspecified atom stereocenters. The fourth-order valence-corrected chi connectivity index (χ4v) is 1.31. The van der Waals surface area contributed by atoms with Crippen molar-refractivity contribution in [3.63, 3.8) is 0 Å². The van der Waals surface area contributed by atoms with Crippen LogP contribution in [0.5, 0.6) is 0 Å². The van der Waals surface area contributed by atoms with Gasteiger partial charge in [-0.05, 0) is 31.3 Å². The molecule has 0 bridgehead atoms. The fourth-order valence-electron chi connectivity index (χ4n) is 1.13. The van der Waals surface area contributed by atoms with Gasteiger partial charge in [0.15, 0.2) is 5.11 Å². The quantitative estimate of drug-likeness (QED) is 0.748. The molecule has 0 heterocycles. The molecule has 0 atom stereocenters. The van der Waals surface area contributed by atoms with Gasteiger partial charge in [-0.15, -0.1) is 0 Å². The SMILES string of the molecule is C=CN(C(=S)NC)c1ccc(C)cc1. The molecule has 0 saturated carbocycles. The van der Waals surface area contributed by atoms with Gasteiger partial charge in [0.25, 0.3) is 0 Å². The van der Waals surface area contributed by atoms with Crippen molar-refractivity contribution in [2.24, 2.45) is 0 Å². The van der Waals surface area contributed by atoms with Crippen molar-refractivity contribution in [1.82, 2.24) is 5.32 Å². The van der Waals surface area contributed by atoms with Crippen molar-refractivity contribution in [2.75, 3.05) is 11.9 Å². The molecule has 0 aliphatic heterocycles. The number of anilines is 1. The summed E-state index contributed by atoms with van der Waals surface area (Å²) in [6, 6.07) is 8.12. The molecule has 74 valence electrons. The Morgan fingerprint density at radius 1 is 1.43 bits per heavy atom. The number of hydrogen-bond donors (Lipinski definition) is 1. The van der Waals surface area contributed by atoms with Crippen LogP contribution in [0.4, 0.5) is 5.69 Å². The monoisotopic (exact) mass is 206 g/mol. The first-order valence-corrected chi connectivity index (χ1v) is 4.80. The second-order valence-electron chi connectivity index (χ2n) is 2.94. The second-order valence-corrected chi connectivity index (χ2v) is 3.33. The van der Waals surface area contributed by atoms with Gasteiger partial charge in [-0.1, -0.05) is 24.3 Å². The molecule has 14 heavy (non-hydrogen) atoms. The summed E-state index contributed by atoms with van der Waals surface area (Å²) in [7, 11) is 1.80. The number of rotatable bonds is 2. The van der Waals surface area contributed by atoms with E-state index in [-0.39, 0.29) is 0 Å². The van der Waals surface area contributed by atoms with Crippen LogP contribution in [0.25, 0.3) is 0 Å². The van der Waals surface area contributed by atoms with Crippen LogP contribution in [-0.4, -0.2) is 12.2 Å². The molecule has 0 aromatic heterocycles. The Hall–Kier alpha value is -1.35. The average molecular weight is 206 g/mol. The van der Waals surface area contributed by atoms with Gasteiger partial charge in [0.05, 0.1) is 0 Å². The normalized spacial score (nSPS) is 9.29. The van der Waals surface area contributed by atoms with Crippen LogP contribution in [0.1, 0.15) is 5.56 Å². The molecule has 0 amide bonds. The van der Waals surface area contributed by atoms with Crippen molar-refractivity contribution in [1.29, 1.82) is 0 Å². The number of nitrogens with zero attached hydrogens (tertiary/aromatic N) is 1. The largest absolute Gasteiger partial charge is 0.365 e. The molecule has 0 aliphatic carbocycles. The molecule has 0 fully saturated rings. The lowest BCUT2D eigenvalue weighted by molar-refractivity contribution is 1.14. The standard InChI is InChI=1S/C11H14N2S/c1-4-13(11(14)12-3)10-7-5-9(2)6-8-10/h4-8H,1H2,2-3H3,(H,12,14). The van der Waals surface area contributed by atoms with E-state index in [0.717, 1.165) is 5.69 Å². The van der Waals surface area contributed by atoms with Crippen molar-refractivity contribution >= 4 is 23.0 Å². The third kappa shape index (κ3) is 2.33. The predicted molar refractivity (Wildman–Crippen MR) is 65.5 cm³/mol. The van der Waals surface area contributed by atoms with Gasteiger partial charge in [-0.25, -0.2) is 0 Å². The molecule has 1 aromatic carbocycles. The van der Waals surface area contributed by atoms with Crippen LogP contribution in [-0.2, 0) is 0 Å². The molecule has 0 radical (unpaired) electrons. The lowest BCUT2D eigenvalue weighted by Crippen LogP contribution is -2.33. The van der Waals surface area contributed by atoms with Crippen molar-refractivity contribution in [3.05, 3.63) is 42.6 Å².